The minimum absolute atomic E-state index is 0.00981. The van der Waals surface area contributed by atoms with Crippen molar-refractivity contribution in [2.24, 2.45) is 5.41 Å². The first-order chi connectivity index (χ1) is 22.8. The molecule has 1 saturated heterocycles. The van der Waals surface area contributed by atoms with E-state index < -0.39 is 58.5 Å². The molecule has 2 atom stereocenters. The van der Waals surface area contributed by atoms with Gasteiger partial charge in [0.25, 0.3) is 0 Å². The third-order valence-electron chi connectivity index (χ3n) is 10.3. The lowest BCUT2D eigenvalue weighted by Crippen LogP contribution is -2.36. The molecule has 49 heavy (non-hydrogen) atoms. The number of hydrogen-bond donors (Lipinski definition) is 1. The SMILES string of the molecule is CC1(C)Cc2nc(C3CCN(c4ncc(S(C)(=O)=O)cn4)CC3)c([C@@H](F)c3ccc(C(F)(F)F)cc3)c(C3CCC(F)(F)CC3)c2[C@@H](O)C1. The highest BCUT2D eigenvalue weighted by Crippen LogP contribution is 2.52. The number of nitrogens with zero attached hydrogens (tertiary/aromatic N) is 4. The van der Waals surface area contributed by atoms with Gasteiger partial charge in [-0.25, -0.2) is 31.6 Å². The van der Waals surface area contributed by atoms with Gasteiger partial charge in [0, 0.05) is 54.9 Å². The van der Waals surface area contributed by atoms with E-state index in [0.29, 0.717) is 67.2 Å². The molecular weight excluding hydrogens is 670 g/mol. The van der Waals surface area contributed by atoms with Crippen molar-refractivity contribution in [1.29, 1.82) is 0 Å². The molecule has 7 nitrogen and oxygen atoms in total. The number of hydrogen-bond acceptors (Lipinski definition) is 7. The zero-order valence-electron chi connectivity index (χ0n) is 27.6. The van der Waals surface area contributed by atoms with Crippen LogP contribution in [0.15, 0.2) is 41.6 Å². The summed E-state index contributed by atoms with van der Waals surface area (Å²) < 4.78 is 110. The third-order valence-corrected chi connectivity index (χ3v) is 11.3. The average Bonchev–Trinajstić information content (AvgIpc) is 3.02. The molecule has 2 fully saturated rings. The second kappa shape index (κ2) is 12.8. The Bertz CT molecular complexity index is 1780. The lowest BCUT2D eigenvalue weighted by molar-refractivity contribution is -0.137. The van der Waals surface area contributed by atoms with Crippen molar-refractivity contribution in [3.8, 4) is 0 Å². The number of benzene rings is 1. The van der Waals surface area contributed by atoms with Crippen LogP contribution in [-0.4, -0.2) is 53.7 Å². The molecule has 1 aliphatic heterocycles. The molecule has 0 amide bonds. The van der Waals surface area contributed by atoms with Gasteiger partial charge in [-0.05, 0) is 73.1 Å². The summed E-state index contributed by atoms with van der Waals surface area (Å²) in [5.41, 5.74) is 0.899. The Hall–Kier alpha value is -3.26. The Morgan fingerprint density at radius 2 is 1.53 bits per heavy atom. The minimum Gasteiger partial charge on any atom is -0.388 e. The number of sulfone groups is 1. The summed E-state index contributed by atoms with van der Waals surface area (Å²) in [6.07, 6.45) is -2.80. The highest BCUT2D eigenvalue weighted by atomic mass is 32.2. The molecule has 14 heteroatoms. The predicted molar refractivity (Wildman–Crippen MR) is 171 cm³/mol. The molecule has 2 aromatic heterocycles. The number of alkyl halides is 6. The van der Waals surface area contributed by atoms with E-state index in [4.69, 9.17) is 4.98 Å². The van der Waals surface area contributed by atoms with Crippen LogP contribution in [0.1, 0.15) is 122 Å². The molecule has 0 spiro atoms. The number of fused-ring (bicyclic) bond motifs is 1. The van der Waals surface area contributed by atoms with Crippen LogP contribution in [0.2, 0.25) is 0 Å². The van der Waals surface area contributed by atoms with Gasteiger partial charge in [-0.2, -0.15) is 13.2 Å². The fourth-order valence-electron chi connectivity index (χ4n) is 7.73. The van der Waals surface area contributed by atoms with E-state index in [1.165, 1.54) is 12.4 Å². The van der Waals surface area contributed by atoms with Crippen LogP contribution in [-0.2, 0) is 22.4 Å². The van der Waals surface area contributed by atoms with E-state index in [2.05, 4.69) is 9.97 Å². The van der Waals surface area contributed by atoms with Crippen molar-refractivity contribution < 1.29 is 39.9 Å². The van der Waals surface area contributed by atoms with Gasteiger partial charge < -0.3 is 10.0 Å². The molecule has 3 heterocycles. The number of aliphatic hydroxyl groups is 1. The molecular formula is C35H40F6N4O3S. The summed E-state index contributed by atoms with van der Waals surface area (Å²) >= 11 is 0. The molecule has 0 radical (unpaired) electrons. The summed E-state index contributed by atoms with van der Waals surface area (Å²) in [7, 11) is -3.48. The molecule has 266 valence electrons. The van der Waals surface area contributed by atoms with Gasteiger partial charge in [0.15, 0.2) is 16.0 Å². The Morgan fingerprint density at radius 1 is 0.939 bits per heavy atom. The van der Waals surface area contributed by atoms with Crippen molar-refractivity contribution in [3.05, 3.63) is 75.9 Å². The van der Waals surface area contributed by atoms with E-state index >= 15 is 4.39 Å². The van der Waals surface area contributed by atoms with Crippen LogP contribution in [0.3, 0.4) is 0 Å². The van der Waals surface area contributed by atoms with Crippen LogP contribution in [0.25, 0.3) is 0 Å². The van der Waals surface area contributed by atoms with Crippen molar-refractivity contribution in [2.75, 3.05) is 24.2 Å². The minimum atomic E-state index is -4.61. The zero-order chi connectivity index (χ0) is 35.5. The number of piperidine rings is 1. The maximum atomic E-state index is 17.2. The predicted octanol–water partition coefficient (Wildman–Crippen LogP) is 8.04. The number of rotatable bonds is 6. The molecule has 2 aliphatic carbocycles. The van der Waals surface area contributed by atoms with Gasteiger partial charge in [0.1, 0.15) is 4.90 Å². The highest BCUT2D eigenvalue weighted by Gasteiger charge is 2.44. The van der Waals surface area contributed by atoms with E-state index in [1.54, 1.807) is 0 Å². The lowest BCUT2D eigenvalue weighted by Gasteiger charge is -2.41. The largest absolute Gasteiger partial charge is 0.416 e. The first-order valence-corrected chi connectivity index (χ1v) is 18.4. The smallest absolute Gasteiger partial charge is 0.388 e. The first kappa shape index (κ1) is 35.6. The number of anilines is 1. The van der Waals surface area contributed by atoms with Gasteiger partial charge in [-0.1, -0.05) is 26.0 Å². The number of aliphatic hydroxyl groups excluding tert-OH is 1. The van der Waals surface area contributed by atoms with Crippen LogP contribution in [0.4, 0.5) is 32.3 Å². The van der Waals surface area contributed by atoms with Gasteiger partial charge in [-0.15, -0.1) is 0 Å². The second-order valence-electron chi connectivity index (χ2n) is 14.6. The van der Waals surface area contributed by atoms with Crippen LogP contribution in [0, 0.1) is 5.41 Å². The standard InChI is InChI=1S/C35H40F6N4O3S/c1-33(2)16-25-28(26(46)17-33)27(20-8-12-34(37,38)13-9-20)29(30(36)21-4-6-23(7-5-21)35(39,40)41)31(44-25)22-10-14-45(15-11-22)32-42-18-24(19-43-32)49(3,47)48/h4-7,18-20,22,26,30,46H,8-17H2,1-3H3/t26-,30-/m0/s1. The van der Waals surface area contributed by atoms with E-state index in [9.17, 15) is 35.5 Å². The van der Waals surface area contributed by atoms with E-state index in [0.717, 1.165) is 30.5 Å². The summed E-state index contributed by atoms with van der Waals surface area (Å²) in [6.45, 7) is 4.86. The molecule has 0 unspecified atom stereocenters. The lowest BCUT2D eigenvalue weighted by atomic mass is 9.68. The maximum Gasteiger partial charge on any atom is 0.416 e. The Balaban J connectivity index is 1.44. The van der Waals surface area contributed by atoms with Crippen molar-refractivity contribution in [1.82, 2.24) is 15.0 Å². The van der Waals surface area contributed by atoms with Gasteiger partial charge in [0.05, 0.1) is 29.8 Å². The number of pyridine rings is 1. The Labute approximate surface area is 282 Å². The average molecular weight is 711 g/mol. The molecule has 3 aromatic rings. The maximum absolute atomic E-state index is 17.2. The number of halogens is 6. The molecule has 1 N–H and O–H groups in total. The summed E-state index contributed by atoms with van der Waals surface area (Å²) in [4.78, 5) is 15.4. The molecule has 3 aliphatic rings. The van der Waals surface area contributed by atoms with Crippen LogP contribution >= 0.6 is 0 Å². The molecule has 6 rings (SSSR count). The number of aromatic nitrogens is 3. The molecule has 0 bridgehead atoms. The third kappa shape index (κ3) is 7.45. The van der Waals surface area contributed by atoms with Gasteiger partial charge in [0.2, 0.25) is 11.9 Å². The second-order valence-corrected chi connectivity index (χ2v) is 16.6. The summed E-state index contributed by atoms with van der Waals surface area (Å²) in [6, 6.07) is 3.88. The van der Waals surface area contributed by atoms with Crippen molar-refractivity contribution >= 4 is 15.8 Å². The Morgan fingerprint density at radius 3 is 2.08 bits per heavy atom. The fraction of sp³-hybridized carbons (Fsp3) is 0.571. The topological polar surface area (TPSA) is 96.3 Å². The normalized spacial score (nSPS) is 22.5. The first-order valence-electron chi connectivity index (χ1n) is 16.5. The molecule has 1 aromatic carbocycles. The van der Waals surface area contributed by atoms with Crippen molar-refractivity contribution in [3.63, 3.8) is 0 Å². The monoisotopic (exact) mass is 710 g/mol. The van der Waals surface area contributed by atoms with E-state index in [1.807, 2.05) is 18.7 Å². The van der Waals surface area contributed by atoms with E-state index in [-0.39, 0.29) is 40.2 Å². The summed E-state index contributed by atoms with van der Waals surface area (Å²) in [5.74, 6) is -3.31. The zero-order valence-corrected chi connectivity index (χ0v) is 28.4. The highest BCUT2D eigenvalue weighted by molar-refractivity contribution is 7.90. The molecule has 1 saturated carbocycles. The Kier molecular flexibility index (Phi) is 9.30. The fourth-order valence-corrected chi connectivity index (χ4v) is 8.22. The van der Waals surface area contributed by atoms with Gasteiger partial charge in [-0.3, -0.25) is 4.98 Å². The van der Waals surface area contributed by atoms with Crippen LogP contribution in [0.5, 0.6) is 0 Å². The summed E-state index contributed by atoms with van der Waals surface area (Å²) in [5, 5.41) is 11.6. The van der Waals surface area contributed by atoms with Crippen LogP contribution < -0.4 is 4.90 Å². The quantitative estimate of drug-likeness (QED) is 0.259. The van der Waals surface area contributed by atoms with Gasteiger partial charge >= 0.3 is 6.18 Å². The van der Waals surface area contributed by atoms with Crippen molar-refractivity contribution in [2.45, 2.75) is 106 Å².